The van der Waals surface area contributed by atoms with Crippen molar-refractivity contribution in [3.8, 4) is 0 Å². The molecule has 0 unspecified atom stereocenters. The molecule has 94 valence electrons. The molecular formula is C12H13N3O3. The summed E-state index contributed by atoms with van der Waals surface area (Å²) in [5.41, 5.74) is -1.47. The van der Waals surface area contributed by atoms with E-state index in [2.05, 4.69) is 15.5 Å². The highest BCUT2D eigenvalue weighted by Crippen LogP contribution is 2.20. The number of rotatable bonds is 3. The van der Waals surface area contributed by atoms with Crippen molar-refractivity contribution in [2.24, 2.45) is 0 Å². The number of carbonyl (C=O) groups is 1. The fraction of sp³-hybridized carbons (Fsp3) is 0.250. The molecule has 0 aliphatic carbocycles. The van der Waals surface area contributed by atoms with Gasteiger partial charge in [0.1, 0.15) is 5.54 Å². The quantitative estimate of drug-likeness (QED) is 0.757. The molecule has 1 heterocycles. The summed E-state index contributed by atoms with van der Waals surface area (Å²) in [5.74, 6) is -0.655. The van der Waals surface area contributed by atoms with Crippen LogP contribution in [-0.4, -0.2) is 26.8 Å². The molecule has 18 heavy (non-hydrogen) atoms. The third-order valence-corrected chi connectivity index (χ3v) is 2.66. The van der Waals surface area contributed by atoms with Crippen LogP contribution in [0.2, 0.25) is 0 Å². The zero-order chi connectivity index (χ0) is 13.3. The SMILES string of the molecule is CC(C)(Nc1n[nH]c(=O)c2ccccc12)C(=O)O. The number of aromatic nitrogens is 2. The molecule has 0 radical (unpaired) electrons. The Kier molecular flexibility index (Phi) is 2.78. The van der Waals surface area contributed by atoms with Crippen LogP contribution in [0.5, 0.6) is 0 Å². The predicted octanol–water partition coefficient (Wildman–Crippen LogP) is 1.20. The first-order chi connectivity index (χ1) is 8.42. The fourth-order valence-electron chi connectivity index (χ4n) is 1.56. The van der Waals surface area contributed by atoms with E-state index >= 15 is 0 Å². The third kappa shape index (κ3) is 2.04. The van der Waals surface area contributed by atoms with E-state index < -0.39 is 11.5 Å². The van der Waals surface area contributed by atoms with Gasteiger partial charge in [-0.1, -0.05) is 18.2 Å². The minimum atomic E-state index is -1.17. The van der Waals surface area contributed by atoms with E-state index in [-0.39, 0.29) is 5.56 Å². The predicted molar refractivity (Wildman–Crippen MR) is 67.7 cm³/mol. The molecule has 0 saturated heterocycles. The van der Waals surface area contributed by atoms with Gasteiger partial charge >= 0.3 is 5.97 Å². The number of hydrogen-bond donors (Lipinski definition) is 3. The zero-order valence-electron chi connectivity index (χ0n) is 10.0. The summed E-state index contributed by atoms with van der Waals surface area (Å²) in [5, 5.41) is 19.1. The second-order valence-electron chi connectivity index (χ2n) is 4.50. The lowest BCUT2D eigenvalue weighted by atomic mass is 10.1. The Labute approximate surface area is 103 Å². The fourth-order valence-corrected chi connectivity index (χ4v) is 1.56. The maximum absolute atomic E-state index is 11.6. The maximum atomic E-state index is 11.6. The first kappa shape index (κ1) is 12.1. The van der Waals surface area contributed by atoms with Crippen LogP contribution in [0.1, 0.15) is 13.8 Å². The number of H-pyrrole nitrogens is 1. The summed E-state index contributed by atoms with van der Waals surface area (Å²) in [7, 11) is 0. The lowest BCUT2D eigenvalue weighted by Crippen LogP contribution is -2.40. The van der Waals surface area contributed by atoms with Gasteiger partial charge < -0.3 is 10.4 Å². The van der Waals surface area contributed by atoms with Crippen LogP contribution >= 0.6 is 0 Å². The van der Waals surface area contributed by atoms with Crippen molar-refractivity contribution in [3.63, 3.8) is 0 Å². The number of aromatic amines is 1. The summed E-state index contributed by atoms with van der Waals surface area (Å²) in [6.45, 7) is 3.05. The van der Waals surface area contributed by atoms with Crippen molar-refractivity contribution in [1.82, 2.24) is 10.2 Å². The summed E-state index contributed by atoms with van der Waals surface area (Å²) in [4.78, 5) is 22.6. The molecule has 6 heteroatoms. The summed E-state index contributed by atoms with van der Waals surface area (Å²) in [6.07, 6.45) is 0. The molecular weight excluding hydrogens is 234 g/mol. The summed E-state index contributed by atoms with van der Waals surface area (Å²) >= 11 is 0. The van der Waals surface area contributed by atoms with Crippen LogP contribution < -0.4 is 10.9 Å². The standard InChI is InChI=1S/C12H13N3O3/c1-12(2,11(17)18)13-9-7-5-3-4-6-8(7)10(16)15-14-9/h3-6H,1-2H3,(H,13,14)(H,15,16)(H,17,18). The molecule has 0 amide bonds. The van der Waals surface area contributed by atoms with Gasteiger partial charge in [-0.25, -0.2) is 9.89 Å². The first-order valence-corrected chi connectivity index (χ1v) is 5.41. The van der Waals surface area contributed by atoms with Crippen molar-refractivity contribution in [2.45, 2.75) is 19.4 Å². The van der Waals surface area contributed by atoms with Gasteiger partial charge in [-0.2, -0.15) is 5.10 Å². The molecule has 1 aromatic carbocycles. The van der Waals surface area contributed by atoms with E-state index in [9.17, 15) is 9.59 Å². The highest BCUT2D eigenvalue weighted by atomic mass is 16.4. The van der Waals surface area contributed by atoms with Crippen molar-refractivity contribution >= 4 is 22.6 Å². The van der Waals surface area contributed by atoms with Crippen LogP contribution in [0.4, 0.5) is 5.82 Å². The Morgan fingerprint density at radius 1 is 1.33 bits per heavy atom. The number of hydrogen-bond acceptors (Lipinski definition) is 4. The van der Waals surface area contributed by atoms with Crippen molar-refractivity contribution in [1.29, 1.82) is 0 Å². The van der Waals surface area contributed by atoms with E-state index in [1.165, 1.54) is 13.8 Å². The second kappa shape index (κ2) is 4.14. The Hall–Kier alpha value is -2.37. The van der Waals surface area contributed by atoms with E-state index in [0.29, 0.717) is 16.6 Å². The van der Waals surface area contributed by atoms with Crippen LogP contribution in [0.15, 0.2) is 29.1 Å². The molecule has 3 N–H and O–H groups in total. The molecule has 0 spiro atoms. The minimum Gasteiger partial charge on any atom is -0.480 e. The number of aliphatic carboxylic acids is 1. The number of carboxylic acid groups (broad SMARTS) is 1. The Bertz CT molecular complexity index is 661. The molecule has 0 fully saturated rings. The average molecular weight is 247 g/mol. The molecule has 2 rings (SSSR count). The molecule has 0 aliphatic rings. The molecule has 0 saturated carbocycles. The molecule has 6 nitrogen and oxygen atoms in total. The lowest BCUT2D eigenvalue weighted by Gasteiger charge is -2.22. The van der Waals surface area contributed by atoms with E-state index in [0.717, 1.165) is 0 Å². The van der Waals surface area contributed by atoms with Crippen LogP contribution in [-0.2, 0) is 4.79 Å². The van der Waals surface area contributed by atoms with Crippen LogP contribution in [0.25, 0.3) is 10.8 Å². The number of nitrogens with zero attached hydrogens (tertiary/aromatic N) is 1. The number of carboxylic acids is 1. The average Bonchev–Trinajstić information content (AvgIpc) is 2.33. The zero-order valence-corrected chi connectivity index (χ0v) is 10.0. The largest absolute Gasteiger partial charge is 0.480 e. The third-order valence-electron chi connectivity index (χ3n) is 2.66. The molecule has 2 aromatic rings. The van der Waals surface area contributed by atoms with Gasteiger partial charge in [0.05, 0.1) is 5.39 Å². The minimum absolute atomic E-state index is 0.302. The molecule has 0 atom stereocenters. The van der Waals surface area contributed by atoms with Gasteiger partial charge in [0.25, 0.3) is 5.56 Å². The van der Waals surface area contributed by atoms with Gasteiger partial charge in [0.2, 0.25) is 0 Å². The Balaban J connectivity index is 2.57. The van der Waals surface area contributed by atoms with Crippen molar-refractivity contribution in [2.75, 3.05) is 5.32 Å². The second-order valence-corrected chi connectivity index (χ2v) is 4.50. The summed E-state index contributed by atoms with van der Waals surface area (Å²) < 4.78 is 0. The van der Waals surface area contributed by atoms with Crippen LogP contribution in [0.3, 0.4) is 0 Å². The number of nitrogens with one attached hydrogen (secondary N) is 2. The van der Waals surface area contributed by atoms with E-state index in [4.69, 9.17) is 5.11 Å². The van der Waals surface area contributed by atoms with Gasteiger partial charge in [0.15, 0.2) is 5.82 Å². The highest BCUT2D eigenvalue weighted by Gasteiger charge is 2.28. The van der Waals surface area contributed by atoms with Crippen molar-refractivity contribution in [3.05, 3.63) is 34.6 Å². The topological polar surface area (TPSA) is 95.1 Å². The molecule has 1 aromatic heterocycles. The number of anilines is 1. The first-order valence-electron chi connectivity index (χ1n) is 5.41. The smallest absolute Gasteiger partial charge is 0.328 e. The monoisotopic (exact) mass is 247 g/mol. The Morgan fingerprint density at radius 2 is 1.94 bits per heavy atom. The van der Waals surface area contributed by atoms with Gasteiger partial charge in [0, 0.05) is 5.39 Å². The highest BCUT2D eigenvalue weighted by molar-refractivity contribution is 5.93. The number of fused-ring (bicyclic) bond motifs is 1. The van der Waals surface area contributed by atoms with E-state index in [1.54, 1.807) is 24.3 Å². The molecule has 0 bridgehead atoms. The van der Waals surface area contributed by atoms with Gasteiger partial charge in [-0.15, -0.1) is 0 Å². The van der Waals surface area contributed by atoms with Gasteiger partial charge in [-0.05, 0) is 19.9 Å². The number of benzene rings is 1. The molecule has 0 aliphatic heterocycles. The normalized spacial score (nSPS) is 11.4. The van der Waals surface area contributed by atoms with Crippen molar-refractivity contribution < 1.29 is 9.90 Å². The van der Waals surface area contributed by atoms with Gasteiger partial charge in [-0.3, -0.25) is 4.79 Å². The lowest BCUT2D eigenvalue weighted by molar-refractivity contribution is -0.141. The van der Waals surface area contributed by atoms with E-state index in [1.807, 2.05) is 0 Å². The van der Waals surface area contributed by atoms with Crippen LogP contribution in [0, 0.1) is 0 Å². The Morgan fingerprint density at radius 3 is 2.56 bits per heavy atom. The summed E-state index contributed by atoms with van der Waals surface area (Å²) in [6, 6.07) is 6.89. The maximum Gasteiger partial charge on any atom is 0.328 e.